The minimum atomic E-state index is -2.60. The average molecular weight is 599 g/mol. The summed E-state index contributed by atoms with van der Waals surface area (Å²) in [6.45, 7) is 0. The molecule has 0 aromatic heterocycles. The molecule has 218 valence electrons. The predicted molar refractivity (Wildman–Crippen MR) is 169 cm³/mol. The molecule has 0 aliphatic rings. The van der Waals surface area contributed by atoms with Crippen LogP contribution in [0.4, 0.5) is 0 Å². The molecule has 0 saturated carbocycles. The second kappa shape index (κ2) is 15.9. The van der Waals surface area contributed by atoms with Crippen LogP contribution in [0.2, 0.25) is 18.1 Å². The summed E-state index contributed by atoms with van der Waals surface area (Å²) < 4.78 is 37.0. The molecular weight excluding hydrogens is 553 g/mol. The third-order valence-electron chi connectivity index (χ3n) is 8.26. The smallest absolute Gasteiger partial charge is 0.372 e. The molecule has 40 heavy (non-hydrogen) atoms. The van der Waals surface area contributed by atoms with Gasteiger partial charge in [0, 0.05) is 42.7 Å². The summed E-state index contributed by atoms with van der Waals surface area (Å²) in [6, 6.07) is 33.8. The van der Waals surface area contributed by atoms with Crippen LogP contribution < -0.4 is 15.6 Å². The zero-order valence-electron chi connectivity index (χ0n) is 24.9. The second-order valence-electron chi connectivity index (χ2n) is 10.1. The summed E-state index contributed by atoms with van der Waals surface area (Å²) in [4.78, 5) is 0. The maximum absolute atomic E-state index is 6.17. The van der Waals surface area contributed by atoms with Gasteiger partial charge < -0.3 is 26.6 Å². The van der Waals surface area contributed by atoms with Gasteiger partial charge in [0.25, 0.3) is 0 Å². The molecule has 0 radical (unpaired) electrons. The van der Waals surface area contributed by atoms with Crippen molar-refractivity contribution < 1.29 is 26.6 Å². The normalized spacial score (nSPS) is 12.7. The van der Waals surface area contributed by atoms with E-state index >= 15 is 0 Å². The van der Waals surface area contributed by atoms with Gasteiger partial charge >= 0.3 is 25.7 Å². The van der Waals surface area contributed by atoms with Gasteiger partial charge in [-0.3, -0.25) is 0 Å². The van der Waals surface area contributed by atoms with Crippen molar-refractivity contribution >= 4 is 41.2 Å². The molecule has 0 atom stereocenters. The Bertz CT molecular complexity index is 950. The van der Waals surface area contributed by atoms with Gasteiger partial charge in [-0.05, 0) is 58.9 Å². The fourth-order valence-electron chi connectivity index (χ4n) is 5.69. The lowest BCUT2D eigenvalue weighted by Gasteiger charge is -2.33. The van der Waals surface area contributed by atoms with Crippen molar-refractivity contribution in [2.75, 3.05) is 42.7 Å². The van der Waals surface area contributed by atoms with Crippen molar-refractivity contribution in [1.29, 1.82) is 0 Å². The Morgan fingerprint density at radius 3 is 0.825 bits per heavy atom. The Kier molecular flexibility index (Phi) is 13.0. The third-order valence-corrected chi connectivity index (χ3v) is 18.7. The van der Waals surface area contributed by atoms with Gasteiger partial charge in [-0.1, -0.05) is 91.0 Å². The molecule has 0 amide bonds. The van der Waals surface area contributed by atoms with Crippen LogP contribution >= 0.6 is 0 Å². The van der Waals surface area contributed by atoms with Crippen LogP contribution in [0.15, 0.2) is 91.0 Å². The molecule has 3 aromatic rings. The van der Waals surface area contributed by atoms with E-state index in [-0.39, 0.29) is 0 Å². The van der Waals surface area contributed by atoms with E-state index in [1.807, 2.05) is 18.2 Å². The number of rotatable bonds is 18. The number of hydrogen-bond donors (Lipinski definition) is 0. The first-order valence-corrected chi connectivity index (χ1v) is 20.0. The summed E-state index contributed by atoms with van der Waals surface area (Å²) in [6.07, 6.45) is 2.88. The fourth-order valence-corrected chi connectivity index (χ4v) is 14.2. The van der Waals surface area contributed by atoms with Crippen molar-refractivity contribution in [1.82, 2.24) is 0 Å². The SMILES string of the molecule is CO[Si](CCC(CC[Si](OC)(OC)c1ccccc1)CC[Si](OC)(OC)c1ccccc1)(OC)c1ccccc1. The molecule has 6 nitrogen and oxygen atoms in total. The summed E-state index contributed by atoms with van der Waals surface area (Å²) in [7, 11) is 2.90. The van der Waals surface area contributed by atoms with Crippen molar-refractivity contribution in [3.8, 4) is 0 Å². The van der Waals surface area contributed by atoms with Crippen LogP contribution in [0.25, 0.3) is 0 Å². The van der Waals surface area contributed by atoms with Gasteiger partial charge in [0.1, 0.15) is 0 Å². The lowest BCUT2D eigenvalue weighted by molar-refractivity contribution is 0.241. The first-order chi connectivity index (χ1) is 19.5. The zero-order valence-corrected chi connectivity index (χ0v) is 27.9. The van der Waals surface area contributed by atoms with Gasteiger partial charge in [0.05, 0.1) is 0 Å². The van der Waals surface area contributed by atoms with Crippen molar-refractivity contribution in [3.05, 3.63) is 91.0 Å². The Morgan fingerprint density at radius 1 is 0.400 bits per heavy atom. The molecule has 9 heteroatoms. The van der Waals surface area contributed by atoms with E-state index in [0.29, 0.717) is 5.92 Å². The standard InChI is InChI=1S/C31H46O6Si3/c1-32-38(33-2,29-16-10-7-11-17-29)25-22-28(23-26-39(34-3,35-4)30-18-12-8-13-19-30)24-27-40(36-5,37-6)31-20-14-9-15-21-31/h7-21,28H,22-27H2,1-6H3. The highest BCUT2D eigenvalue weighted by molar-refractivity contribution is 6.82. The van der Waals surface area contributed by atoms with E-state index in [4.69, 9.17) is 26.6 Å². The van der Waals surface area contributed by atoms with Gasteiger partial charge in [0.15, 0.2) is 0 Å². The van der Waals surface area contributed by atoms with Crippen LogP contribution in [-0.2, 0) is 26.6 Å². The van der Waals surface area contributed by atoms with E-state index in [2.05, 4.69) is 72.8 Å². The Labute approximate surface area is 244 Å². The molecule has 0 aliphatic carbocycles. The number of benzene rings is 3. The molecule has 0 fully saturated rings. The summed E-state index contributed by atoms with van der Waals surface area (Å²) in [5.41, 5.74) is 0. The molecule has 0 spiro atoms. The van der Waals surface area contributed by atoms with E-state index < -0.39 is 25.7 Å². The Balaban J connectivity index is 1.87. The second-order valence-corrected chi connectivity index (χ2v) is 20.3. The predicted octanol–water partition coefficient (Wildman–Crippen LogP) is 4.70. The van der Waals surface area contributed by atoms with E-state index in [1.54, 1.807) is 42.7 Å². The minimum absolute atomic E-state index is 0.377. The van der Waals surface area contributed by atoms with Gasteiger partial charge in [-0.25, -0.2) is 0 Å². The summed E-state index contributed by atoms with van der Waals surface area (Å²) in [5.74, 6) is 0.377. The molecular formula is C31H46O6Si3. The van der Waals surface area contributed by atoms with E-state index in [9.17, 15) is 0 Å². The zero-order chi connectivity index (χ0) is 28.9. The monoisotopic (exact) mass is 598 g/mol. The van der Waals surface area contributed by atoms with Crippen LogP contribution in [-0.4, -0.2) is 68.3 Å². The Morgan fingerprint density at radius 2 is 0.625 bits per heavy atom. The largest absolute Gasteiger partial charge is 0.394 e. The van der Waals surface area contributed by atoms with Crippen LogP contribution in [0.3, 0.4) is 0 Å². The number of hydrogen-bond acceptors (Lipinski definition) is 6. The average Bonchev–Trinajstić information content (AvgIpc) is 3.04. The molecule has 0 heterocycles. The Hall–Kier alpha value is -1.93. The van der Waals surface area contributed by atoms with E-state index in [0.717, 1.165) is 53.0 Å². The summed E-state index contributed by atoms with van der Waals surface area (Å²) >= 11 is 0. The lowest BCUT2D eigenvalue weighted by Crippen LogP contribution is -2.54. The van der Waals surface area contributed by atoms with Crippen molar-refractivity contribution in [3.63, 3.8) is 0 Å². The topological polar surface area (TPSA) is 55.4 Å². The first-order valence-electron chi connectivity index (χ1n) is 13.9. The highest BCUT2D eigenvalue weighted by Crippen LogP contribution is 2.31. The quantitative estimate of drug-likeness (QED) is 0.198. The van der Waals surface area contributed by atoms with Crippen molar-refractivity contribution in [2.24, 2.45) is 5.92 Å². The van der Waals surface area contributed by atoms with Gasteiger partial charge in [0.2, 0.25) is 0 Å². The maximum Gasteiger partial charge on any atom is 0.372 e. The molecule has 0 saturated heterocycles. The molecule has 0 bridgehead atoms. The molecule has 3 aromatic carbocycles. The van der Waals surface area contributed by atoms with Gasteiger partial charge in [-0.15, -0.1) is 0 Å². The van der Waals surface area contributed by atoms with Gasteiger partial charge in [-0.2, -0.15) is 0 Å². The fraction of sp³-hybridized carbons (Fsp3) is 0.419. The minimum Gasteiger partial charge on any atom is -0.394 e. The van der Waals surface area contributed by atoms with E-state index in [1.165, 1.54) is 0 Å². The lowest BCUT2D eigenvalue weighted by atomic mass is 10.0. The first kappa shape index (κ1) is 32.6. The molecule has 0 N–H and O–H groups in total. The highest BCUT2D eigenvalue weighted by Gasteiger charge is 2.43. The van der Waals surface area contributed by atoms with Crippen molar-refractivity contribution in [2.45, 2.75) is 37.4 Å². The molecule has 0 aliphatic heterocycles. The molecule has 3 rings (SSSR count). The summed E-state index contributed by atoms with van der Waals surface area (Å²) in [5, 5.41) is 3.46. The molecule has 0 unspecified atom stereocenters. The maximum atomic E-state index is 6.17. The highest BCUT2D eigenvalue weighted by atomic mass is 28.4. The van der Waals surface area contributed by atoms with Crippen LogP contribution in [0, 0.1) is 5.92 Å². The van der Waals surface area contributed by atoms with Crippen LogP contribution in [0.5, 0.6) is 0 Å². The third kappa shape index (κ3) is 7.67. The van der Waals surface area contributed by atoms with Crippen LogP contribution in [0.1, 0.15) is 19.3 Å².